The fraction of sp³-hybridized carbons (Fsp3) is 0.393. The summed E-state index contributed by atoms with van der Waals surface area (Å²) in [4.78, 5) is 16.8. The molecule has 0 aliphatic carbocycles. The second-order valence-corrected chi connectivity index (χ2v) is 12.1. The molecule has 4 rings (SSSR count). The fourth-order valence-electron chi connectivity index (χ4n) is 4.49. The maximum atomic E-state index is 13.7. The van der Waals surface area contributed by atoms with Gasteiger partial charge in [-0.05, 0) is 73.2 Å². The predicted octanol–water partition coefficient (Wildman–Crippen LogP) is 4.30. The molecule has 0 fully saturated rings. The molecule has 38 heavy (non-hydrogen) atoms. The molecule has 0 bridgehead atoms. The third-order valence-corrected chi connectivity index (χ3v) is 9.46. The van der Waals surface area contributed by atoms with Gasteiger partial charge in [-0.2, -0.15) is 4.31 Å². The van der Waals surface area contributed by atoms with Crippen LogP contribution in [0.25, 0.3) is 0 Å². The minimum Gasteiger partial charge on any atom is -0.497 e. The van der Waals surface area contributed by atoms with E-state index in [2.05, 4.69) is 0 Å². The van der Waals surface area contributed by atoms with E-state index in [0.29, 0.717) is 25.3 Å². The number of amides is 1. The molecule has 2 aromatic carbocycles. The van der Waals surface area contributed by atoms with Crippen LogP contribution in [0.3, 0.4) is 0 Å². The van der Waals surface area contributed by atoms with Gasteiger partial charge in [0.15, 0.2) is 0 Å². The summed E-state index contributed by atoms with van der Waals surface area (Å²) >= 11 is 1.67. The molecule has 1 aliphatic rings. The molecule has 0 saturated carbocycles. The standard InChI is InChI=1S/C28H34N2O6S2/c1-21-5-7-23(8-6-21)36-20-26-25-14-18-37-27(25)13-16-30(26)28(31)19-29(15-4-17-34-2)38(32,33)24-11-9-22(35-3)10-12-24/h5-12,14,18,26H,4,13,15-17,19-20H2,1-3H3/t26-/m1/s1. The van der Waals surface area contributed by atoms with Crippen LogP contribution in [-0.2, 0) is 26.0 Å². The molecular formula is C28H34N2O6S2. The zero-order chi connectivity index (χ0) is 27.1. The normalized spacial score (nSPS) is 15.4. The Morgan fingerprint density at radius 1 is 1.05 bits per heavy atom. The van der Waals surface area contributed by atoms with Crippen molar-refractivity contribution < 1.29 is 27.4 Å². The first-order valence-electron chi connectivity index (χ1n) is 12.5. The van der Waals surface area contributed by atoms with Crippen molar-refractivity contribution in [1.29, 1.82) is 0 Å². The molecule has 2 heterocycles. The number of fused-ring (bicyclic) bond motifs is 1. The van der Waals surface area contributed by atoms with Crippen LogP contribution in [0.5, 0.6) is 11.5 Å². The fourth-order valence-corrected chi connectivity index (χ4v) is 6.85. The summed E-state index contributed by atoms with van der Waals surface area (Å²) in [6.45, 7) is 3.09. The van der Waals surface area contributed by atoms with E-state index in [4.69, 9.17) is 14.2 Å². The molecular weight excluding hydrogens is 524 g/mol. The summed E-state index contributed by atoms with van der Waals surface area (Å²) in [5.41, 5.74) is 2.20. The van der Waals surface area contributed by atoms with Crippen LogP contribution in [0.1, 0.15) is 28.5 Å². The first kappa shape index (κ1) is 28.1. The minimum absolute atomic E-state index is 0.113. The summed E-state index contributed by atoms with van der Waals surface area (Å²) < 4.78 is 44.8. The Kier molecular flexibility index (Phi) is 9.43. The molecule has 1 aliphatic heterocycles. The maximum absolute atomic E-state index is 13.7. The van der Waals surface area contributed by atoms with Crippen molar-refractivity contribution in [3.05, 3.63) is 76.0 Å². The molecule has 1 atom stereocenters. The van der Waals surface area contributed by atoms with Gasteiger partial charge in [0.2, 0.25) is 15.9 Å². The molecule has 0 saturated heterocycles. The highest BCUT2D eigenvalue weighted by molar-refractivity contribution is 7.89. The summed E-state index contributed by atoms with van der Waals surface area (Å²) in [5, 5.41) is 2.03. The van der Waals surface area contributed by atoms with Gasteiger partial charge in [-0.25, -0.2) is 8.42 Å². The number of aryl methyl sites for hydroxylation is 1. The molecule has 1 amide bonds. The molecule has 8 nitrogen and oxygen atoms in total. The minimum atomic E-state index is -3.92. The van der Waals surface area contributed by atoms with Crippen LogP contribution in [0, 0.1) is 6.92 Å². The number of hydrogen-bond acceptors (Lipinski definition) is 7. The van der Waals surface area contributed by atoms with Crippen LogP contribution in [0.4, 0.5) is 0 Å². The lowest BCUT2D eigenvalue weighted by molar-refractivity contribution is -0.135. The number of nitrogens with zero attached hydrogens (tertiary/aromatic N) is 2. The van der Waals surface area contributed by atoms with E-state index in [1.54, 1.807) is 35.5 Å². The predicted molar refractivity (Wildman–Crippen MR) is 147 cm³/mol. The number of rotatable bonds is 12. The molecule has 204 valence electrons. The Balaban J connectivity index is 1.55. The molecule has 0 radical (unpaired) electrons. The van der Waals surface area contributed by atoms with E-state index in [0.717, 1.165) is 23.3 Å². The van der Waals surface area contributed by atoms with Crippen LogP contribution < -0.4 is 9.47 Å². The summed E-state index contributed by atoms with van der Waals surface area (Å²) in [6, 6.07) is 15.7. The van der Waals surface area contributed by atoms with Gasteiger partial charge in [0.1, 0.15) is 18.1 Å². The lowest BCUT2D eigenvalue weighted by Gasteiger charge is -2.37. The van der Waals surface area contributed by atoms with Crippen molar-refractivity contribution in [3.8, 4) is 11.5 Å². The molecule has 10 heteroatoms. The average molecular weight is 559 g/mol. The van der Waals surface area contributed by atoms with E-state index in [1.807, 2.05) is 42.6 Å². The van der Waals surface area contributed by atoms with Crippen LogP contribution in [0.2, 0.25) is 0 Å². The Hall–Kier alpha value is -2.92. The number of carbonyl (C=O) groups is 1. The van der Waals surface area contributed by atoms with Gasteiger partial charge in [-0.15, -0.1) is 11.3 Å². The van der Waals surface area contributed by atoms with Crippen molar-refractivity contribution in [2.24, 2.45) is 0 Å². The number of ether oxygens (including phenoxy) is 3. The van der Waals surface area contributed by atoms with Crippen molar-refractivity contribution in [2.45, 2.75) is 30.7 Å². The van der Waals surface area contributed by atoms with Gasteiger partial charge in [0, 0.05) is 31.7 Å². The quantitative estimate of drug-likeness (QED) is 0.308. The summed E-state index contributed by atoms with van der Waals surface area (Å²) in [5.74, 6) is 1.03. The zero-order valence-corrected chi connectivity index (χ0v) is 23.6. The Bertz CT molecular complexity index is 1310. The first-order chi connectivity index (χ1) is 18.3. The number of thiophene rings is 1. The Morgan fingerprint density at radius 3 is 2.45 bits per heavy atom. The monoisotopic (exact) mass is 558 g/mol. The highest BCUT2D eigenvalue weighted by Crippen LogP contribution is 2.34. The lowest BCUT2D eigenvalue weighted by atomic mass is 10.0. The van der Waals surface area contributed by atoms with Gasteiger partial charge in [0.25, 0.3) is 0 Å². The number of sulfonamides is 1. The van der Waals surface area contributed by atoms with Crippen LogP contribution >= 0.6 is 11.3 Å². The Morgan fingerprint density at radius 2 is 1.76 bits per heavy atom. The van der Waals surface area contributed by atoms with Crippen LogP contribution in [-0.4, -0.2) is 70.6 Å². The van der Waals surface area contributed by atoms with Crippen molar-refractivity contribution in [1.82, 2.24) is 9.21 Å². The smallest absolute Gasteiger partial charge is 0.243 e. The molecule has 0 spiro atoms. The SMILES string of the molecule is COCCCN(CC(=O)N1CCc2sccc2[C@H]1COc1ccc(C)cc1)S(=O)(=O)c1ccc(OC)cc1. The van der Waals surface area contributed by atoms with Crippen molar-refractivity contribution in [3.63, 3.8) is 0 Å². The zero-order valence-electron chi connectivity index (χ0n) is 22.0. The van der Waals surface area contributed by atoms with Crippen LogP contribution in [0.15, 0.2) is 64.9 Å². The largest absolute Gasteiger partial charge is 0.497 e. The molecule has 3 aromatic rings. The summed E-state index contributed by atoms with van der Waals surface area (Å²) in [7, 11) is -0.830. The molecule has 1 aromatic heterocycles. The number of hydrogen-bond donors (Lipinski definition) is 0. The van der Waals surface area contributed by atoms with Gasteiger partial charge >= 0.3 is 0 Å². The van der Waals surface area contributed by atoms with E-state index in [1.165, 1.54) is 28.4 Å². The van der Waals surface area contributed by atoms with E-state index >= 15 is 0 Å². The van der Waals surface area contributed by atoms with Gasteiger partial charge < -0.3 is 19.1 Å². The first-order valence-corrected chi connectivity index (χ1v) is 14.8. The van der Waals surface area contributed by atoms with Crippen molar-refractivity contribution in [2.75, 3.05) is 47.1 Å². The number of benzene rings is 2. The highest BCUT2D eigenvalue weighted by Gasteiger charge is 2.35. The van der Waals surface area contributed by atoms with Gasteiger partial charge in [-0.3, -0.25) is 4.79 Å². The average Bonchev–Trinajstić information content (AvgIpc) is 3.41. The number of methoxy groups -OCH3 is 2. The maximum Gasteiger partial charge on any atom is 0.243 e. The number of carbonyl (C=O) groups excluding carboxylic acids is 1. The van der Waals surface area contributed by atoms with E-state index in [-0.39, 0.29) is 36.5 Å². The van der Waals surface area contributed by atoms with Gasteiger partial charge in [-0.1, -0.05) is 17.7 Å². The topological polar surface area (TPSA) is 85.4 Å². The van der Waals surface area contributed by atoms with Crippen molar-refractivity contribution >= 4 is 27.3 Å². The Labute approximate surface area is 228 Å². The third kappa shape index (κ3) is 6.55. The second kappa shape index (κ2) is 12.8. The highest BCUT2D eigenvalue weighted by atomic mass is 32.2. The van der Waals surface area contributed by atoms with Gasteiger partial charge in [0.05, 0.1) is 24.6 Å². The molecule has 0 N–H and O–H groups in total. The second-order valence-electron chi connectivity index (χ2n) is 9.14. The van der Waals surface area contributed by atoms with E-state index in [9.17, 15) is 13.2 Å². The lowest BCUT2D eigenvalue weighted by Crippen LogP contribution is -2.48. The van der Waals surface area contributed by atoms with E-state index < -0.39 is 10.0 Å². The third-order valence-electron chi connectivity index (χ3n) is 6.61. The molecule has 0 unspecified atom stereocenters. The summed E-state index contributed by atoms with van der Waals surface area (Å²) in [6.07, 6.45) is 1.20.